The van der Waals surface area contributed by atoms with Crippen molar-refractivity contribution < 1.29 is 4.79 Å². The maximum atomic E-state index is 12.3. The molecule has 0 spiro atoms. The molecule has 0 fully saturated rings. The molecule has 160 valence electrons. The fourth-order valence-corrected chi connectivity index (χ4v) is 3.74. The van der Waals surface area contributed by atoms with Gasteiger partial charge in [0.1, 0.15) is 0 Å². The second kappa shape index (κ2) is 10.2. The van der Waals surface area contributed by atoms with E-state index >= 15 is 0 Å². The maximum Gasteiger partial charge on any atom is 0.250 e. The summed E-state index contributed by atoms with van der Waals surface area (Å²) in [6, 6.07) is 19.0. The van der Waals surface area contributed by atoms with Gasteiger partial charge in [-0.25, -0.2) is 5.43 Å². The molecule has 0 aliphatic rings. The number of pyridine rings is 1. The van der Waals surface area contributed by atoms with Gasteiger partial charge in [-0.1, -0.05) is 53.2 Å². The zero-order chi connectivity index (χ0) is 22.3. The zero-order valence-corrected chi connectivity index (χ0v) is 18.7. The molecule has 9 heteroatoms. The Morgan fingerprint density at radius 3 is 2.50 bits per heavy atom. The molecule has 0 atom stereocenters. The van der Waals surface area contributed by atoms with E-state index in [0.717, 1.165) is 22.4 Å². The smallest absolute Gasteiger partial charge is 0.250 e. The molecule has 0 bridgehead atoms. The number of thioether (sulfide) groups is 1. The Morgan fingerprint density at radius 2 is 1.78 bits per heavy atom. The van der Waals surface area contributed by atoms with Crippen molar-refractivity contribution in [2.75, 3.05) is 5.75 Å². The number of benzene rings is 2. The van der Waals surface area contributed by atoms with Crippen LogP contribution in [0.15, 0.2) is 83.3 Å². The summed E-state index contributed by atoms with van der Waals surface area (Å²) in [5.74, 6) is 0.572. The molecule has 2 heterocycles. The van der Waals surface area contributed by atoms with Gasteiger partial charge in [0.2, 0.25) is 0 Å². The summed E-state index contributed by atoms with van der Waals surface area (Å²) >= 11 is 7.16. The van der Waals surface area contributed by atoms with Gasteiger partial charge in [0.05, 0.1) is 12.0 Å². The van der Waals surface area contributed by atoms with Crippen molar-refractivity contribution in [2.45, 2.75) is 12.1 Å². The lowest BCUT2D eigenvalue weighted by Gasteiger charge is -2.10. The molecule has 2 aromatic carbocycles. The second-order valence-electron chi connectivity index (χ2n) is 6.85. The lowest BCUT2D eigenvalue weighted by Crippen LogP contribution is -2.20. The van der Waals surface area contributed by atoms with E-state index in [1.54, 1.807) is 30.7 Å². The van der Waals surface area contributed by atoms with Gasteiger partial charge >= 0.3 is 0 Å². The van der Waals surface area contributed by atoms with Crippen LogP contribution in [0.5, 0.6) is 0 Å². The van der Waals surface area contributed by atoms with Crippen molar-refractivity contribution in [3.8, 4) is 17.1 Å². The van der Waals surface area contributed by atoms with Gasteiger partial charge in [0, 0.05) is 28.7 Å². The van der Waals surface area contributed by atoms with Gasteiger partial charge < -0.3 is 0 Å². The highest BCUT2D eigenvalue weighted by Crippen LogP contribution is 2.27. The van der Waals surface area contributed by atoms with Crippen LogP contribution in [0.3, 0.4) is 0 Å². The highest BCUT2D eigenvalue weighted by Gasteiger charge is 2.17. The average molecular weight is 463 g/mol. The highest BCUT2D eigenvalue weighted by molar-refractivity contribution is 7.99. The van der Waals surface area contributed by atoms with Gasteiger partial charge in [-0.05, 0) is 48.9 Å². The Morgan fingerprint density at radius 1 is 1.06 bits per heavy atom. The fraction of sp³-hybridized carbons (Fsp3) is 0.0870. The van der Waals surface area contributed by atoms with Crippen molar-refractivity contribution in [2.24, 2.45) is 5.10 Å². The van der Waals surface area contributed by atoms with E-state index in [2.05, 4.69) is 25.7 Å². The van der Waals surface area contributed by atoms with E-state index in [-0.39, 0.29) is 11.7 Å². The quantitative estimate of drug-likeness (QED) is 0.248. The topological polar surface area (TPSA) is 85.1 Å². The van der Waals surface area contributed by atoms with Crippen molar-refractivity contribution >= 4 is 35.5 Å². The SMILES string of the molecule is Cc1ccc(-n2c(SCC(=O)N/N=C/c3ccc(Cl)cc3)nnc2-c2ccncc2)cc1. The fourth-order valence-electron chi connectivity index (χ4n) is 2.87. The Balaban J connectivity index is 1.49. The number of hydrogen-bond acceptors (Lipinski definition) is 6. The predicted molar refractivity (Wildman–Crippen MR) is 127 cm³/mol. The third kappa shape index (κ3) is 5.40. The van der Waals surface area contributed by atoms with Crippen molar-refractivity contribution in [3.63, 3.8) is 0 Å². The normalized spacial score (nSPS) is 11.1. The van der Waals surface area contributed by atoms with Gasteiger partial charge in [-0.15, -0.1) is 10.2 Å². The number of carbonyl (C=O) groups excluding carboxylic acids is 1. The monoisotopic (exact) mass is 462 g/mol. The molecule has 0 aliphatic carbocycles. The minimum absolute atomic E-state index is 0.137. The van der Waals surface area contributed by atoms with Crippen LogP contribution in [-0.2, 0) is 4.79 Å². The lowest BCUT2D eigenvalue weighted by atomic mass is 10.2. The van der Waals surface area contributed by atoms with Crippen LogP contribution in [0.25, 0.3) is 17.1 Å². The summed E-state index contributed by atoms with van der Waals surface area (Å²) in [4.78, 5) is 16.4. The van der Waals surface area contributed by atoms with Crippen molar-refractivity contribution in [1.82, 2.24) is 25.2 Å². The first-order valence-corrected chi connectivity index (χ1v) is 11.1. The molecule has 1 amide bonds. The second-order valence-corrected chi connectivity index (χ2v) is 8.23. The minimum Gasteiger partial charge on any atom is -0.272 e. The molecule has 0 unspecified atom stereocenters. The molecule has 0 saturated heterocycles. The Kier molecular flexibility index (Phi) is 6.94. The van der Waals surface area contributed by atoms with Gasteiger partial charge in [-0.3, -0.25) is 14.3 Å². The molecule has 7 nitrogen and oxygen atoms in total. The molecule has 0 radical (unpaired) electrons. The number of carbonyl (C=O) groups is 1. The summed E-state index contributed by atoms with van der Waals surface area (Å²) in [5.41, 5.74) is 6.32. The van der Waals surface area contributed by atoms with Gasteiger partial charge in [0.15, 0.2) is 11.0 Å². The number of halogens is 1. The number of amides is 1. The average Bonchev–Trinajstić information content (AvgIpc) is 3.24. The maximum absolute atomic E-state index is 12.3. The number of hydrogen-bond donors (Lipinski definition) is 1. The van der Waals surface area contributed by atoms with E-state index in [4.69, 9.17) is 11.6 Å². The number of aromatic nitrogens is 4. The molecule has 32 heavy (non-hydrogen) atoms. The summed E-state index contributed by atoms with van der Waals surface area (Å²) < 4.78 is 1.93. The van der Waals surface area contributed by atoms with E-state index in [1.165, 1.54) is 11.8 Å². The van der Waals surface area contributed by atoms with Crippen LogP contribution in [0, 0.1) is 6.92 Å². The first-order chi connectivity index (χ1) is 15.6. The molecule has 1 N–H and O–H groups in total. The van der Waals surface area contributed by atoms with E-state index in [1.807, 2.05) is 60.0 Å². The van der Waals surface area contributed by atoms with Crippen LogP contribution in [0.2, 0.25) is 5.02 Å². The van der Waals surface area contributed by atoms with E-state index < -0.39 is 0 Å². The molecule has 0 aliphatic heterocycles. The third-order valence-electron chi connectivity index (χ3n) is 4.47. The largest absolute Gasteiger partial charge is 0.272 e. The van der Waals surface area contributed by atoms with Crippen LogP contribution < -0.4 is 5.43 Å². The zero-order valence-electron chi connectivity index (χ0n) is 17.1. The van der Waals surface area contributed by atoms with Crippen LogP contribution in [0.4, 0.5) is 0 Å². The van der Waals surface area contributed by atoms with Gasteiger partial charge in [-0.2, -0.15) is 5.10 Å². The standard InChI is InChI=1S/C23H19ClN6OS/c1-16-2-8-20(9-3-16)30-22(18-10-12-25-13-11-18)28-29-23(30)32-15-21(31)27-26-14-17-4-6-19(24)7-5-17/h2-14H,15H2,1H3,(H,27,31)/b26-14+. The Bertz CT molecular complexity index is 1220. The molecule has 2 aromatic heterocycles. The third-order valence-corrected chi connectivity index (χ3v) is 5.65. The molecule has 0 saturated carbocycles. The molecular formula is C23H19ClN6OS. The molecular weight excluding hydrogens is 444 g/mol. The van der Waals surface area contributed by atoms with Crippen molar-refractivity contribution in [1.29, 1.82) is 0 Å². The number of nitrogens with one attached hydrogen (secondary N) is 1. The van der Waals surface area contributed by atoms with Crippen LogP contribution in [-0.4, -0.2) is 37.6 Å². The van der Waals surface area contributed by atoms with Crippen LogP contribution in [0.1, 0.15) is 11.1 Å². The van der Waals surface area contributed by atoms with Gasteiger partial charge in [0.25, 0.3) is 5.91 Å². The van der Waals surface area contributed by atoms with E-state index in [0.29, 0.717) is 16.0 Å². The predicted octanol–water partition coefficient (Wildman–Crippen LogP) is 4.53. The summed E-state index contributed by atoms with van der Waals surface area (Å²) in [5, 5.41) is 13.9. The number of nitrogens with zero attached hydrogens (tertiary/aromatic N) is 5. The first kappa shape index (κ1) is 21.7. The van der Waals surface area contributed by atoms with Crippen LogP contribution >= 0.6 is 23.4 Å². The summed E-state index contributed by atoms with van der Waals surface area (Å²) in [6.45, 7) is 2.03. The highest BCUT2D eigenvalue weighted by atomic mass is 35.5. The Hall–Kier alpha value is -3.49. The number of hydrazone groups is 1. The van der Waals surface area contributed by atoms with Crippen molar-refractivity contribution in [3.05, 3.63) is 89.2 Å². The summed E-state index contributed by atoms with van der Waals surface area (Å²) in [6.07, 6.45) is 4.99. The summed E-state index contributed by atoms with van der Waals surface area (Å²) in [7, 11) is 0. The number of rotatable bonds is 7. The minimum atomic E-state index is -0.246. The lowest BCUT2D eigenvalue weighted by molar-refractivity contribution is -0.118. The van der Waals surface area contributed by atoms with E-state index in [9.17, 15) is 4.79 Å². The molecule has 4 rings (SSSR count). The Labute approximate surface area is 194 Å². The first-order valence-electron chi connectivity index (χ1n) is 9.73. The number of aryl methyl sites for hydroxylation is 1. The molecule has 4 aromatic rings.